The summed E-state index contributed by atoms with van der Waals surface area (Å²) in [5.41, 5.74) is 8.66. The van der Waals surface area contributed by atoms with Gasteiger partial charge in [-0.25, -0.2) is 28.2 Å². The molecule has 3 rings (SSSR count). The lowest BCUT2D eigenvalue weighted by Gasteiger charge is -2.27. The molecule has 1 atom stereocenters. The fourth-order valence-corrected chi connectivity index (χ4v) is 5.98. The predicted molar refractivity (Wildman–Crippen MR) is 104 cm³/mol. The number of pyridine rings is 1. The molecule has 3 N–H and O–H groups in total. The molecule has 3 heterocycles. The summed E-state index contributed by atoms with van der Waals surface area (Å²) in [7, 11) is -4.06. The van der Waals surface area contributed by atoms with Crippen LogP contribution in [0.1, 0.15) is 33.6 Å². The number of carbonyl (C=O) groups is 1. The van der Waals surface area contributed by atoms with Gasteiger partial charge in [-0.1, -0.05) is 26.8 Å². The summed E-state index contributed by atoms with van der Waals surface area (Å²) in [4.78, 5) is 18.9. The van der Waals surface area contributed by atoms with E-state index in [1.54, 1.807) is 42.6 Å². The van der Waals surface area contributed by atoms with E-state index in [4.69, 9.17) is 5.73 Å². The fraction of sp³-hybridized carbons (Fsp3) is 0.438. The van der Waals surface area contributed by atoms with Crippen LogP contribution in [-0.2, 0) is 9.84 Å². The Balaban J connectivity index is 2.25. The second-order valence-corrected chi connectivity index (χ2v) is 9.21. The van der Waals surface area contributed by atoms with Gasteiger partial charge in [-0.3, -0.25) is 4.40 Å². The lowest BCUT2D eigenvalue weighted by Crippen LogP contribution is -2.56. The number of carbonyl (C=O) groups excluding carboxylic acids is 1. The number of nitrogens with one attached hydrogen (secondary N) is 1. The Bertz CT molecular complexity index is 1020. The van der Waals surface area contributed by atoms with Gasteiger partial charge < -0.3 is 5.73 Å². The minimum absolute atomic E-state index is 0.0600. The highest BCUT2D eigenvalue weighted by molar-refractivity contribution is 8.00. The van der Waals surface area contributed by atoms with Crippen molar-refractivity contribution < 1.29 is 13.2 Å². The smallest absolute Gasteiger partial charge is 0.335 e. The third-order valence-corrected chi connectivity index (χ3v) is 7.54. The molecule has 0 saturated heterocycles. The number of rotatable bonds is 6. The van der Waals surface area contributed by atoms with Crippen LogP contribution in [0.25, 0.3) is 5.65 Å². The predicted octanol–water partition coefficient (Wildman–Crippen LogP) is 1.99. The number of fused-ring (bicyclic) bond motifs is 1. The standard InChI is InChI=1S/C16H22N6O3S2/c1-4-11-19-16(5-2,20-22(11)15(17)23)27(24,25)14-13(26-6-3)18-12-9-7-8-10-21(12)14/h7-10,20H,4-6H2,1-3H3,(H2,17,23). The number of urea groups is 1. The molecule has 0 radical (unpaired) electrons. The van der Waals surface area contributed by atoms with Gasteiger partial charge in [-0.15, -0.1) is 11.8 Å². The summed E-state index contributed by atoms with van der Waals surface area (Å²) < 4.78 is 29.1. The number of hydrogen-bond acceptors (Lipinski definition) is 7. The molecule has 2 aromatic rings. The van der Waals surface area contributed by atoms with Crippen LogP contribution in [0.2, 0.25) is 0 Å². The van der Waals surface area contributed by atoms with Gasteiger partial charge in [0.05, 0.1) is 0 Å². The Hall–Kier alpha value is -2.11. The molecule has 0 saturated carbocycles. The van der Waals surface area contributed by atoms with E-state index in [9.17, 15) is 13.2 Å². The SMILES string of the molecule is CCSc1nc2ccccn2c1S(=O)(=O)C1(CC)N=C(CC)N(C(N)=O)N1. The molecule has 11 heteroatoms. The van der Waals surface area contributed by atoms with Gasteiger partial charge in [0.1, 0.15) is 16.5 Å². The molecule has 0 spiro atoms. The number of hydrogen-bond donors (Lipinski definition) is 2. The number of aromatic nitrogens is 2. The van der Waals surface area contributed by atoms with E-state index in [0.717, 1.165) is 5.01 Å². The number of amidine groups is 1. The number of thioether (sulfide) groups is 1. The van der Waals surface area contributed by atoms with Crippen LogP contribution >= 0.6 is 11.8 Å². The molecule has 146 valence electrons. The monoisotopic (exact) mass is 410 g/mol. The van der Waals surface area contributed by atoms with Crippen LogP contribution in [0.5, 0.6) is 0 Å². The fourth-order valence-electron chi connectivity index (χ4n) is 3.00. The second kappa shape index (κ2) is 7.13. The van der Waals surface area contributed by atoms with Crippen molar-refractivity contribution in [3.63, 3.8) is 0 Å². The largest absolute Gasteiger partial charge is 0.350 e. The number of primary amides is 1. The highest BCUT2D eigenvalue weighted by atomic mass is 32.2. The molecule has 0 aliphatic carbocycles. The van der Waals surface area contributed by atoms with Crippen LogP contribution in [0.15, 0.2) is 39.4 Å². The van der Waals surface area contributed by atoms with Gasteiger partial charge in [0.25, 0.3) is 0 Å². The minimum atomic E-state index is -4.06. The van der Waals surface area contributed by atoms with Crippen molar-refractivity contribution in [2.45, 2.75) is 48.7 Å². The van der Waals surface area contributed by atoms with E-state index in [1.165, 1.54) is 11.8 Å². The van der Waals surface area contributed by atoms with Gasteiger partial charge in [-0.05, 0) is 24.3 Å². The Morgan fingerprint density at radius 2 is 2.07 bits per heavy atom. The lowest BCUT2D eigenvalue weighted by molar-refractivity contribution is 0.208. The average molecular weight is 411 g/mol. The summed E-state index contributed by atoms with van der Waals surface area (Å²) in [6.07, 6.45) is 2.12. The lowest BCUT2D eigenvalue weighted by atomic mass is 10.4. The van der Waals surface area contributed by atoms with Crippen LogP contribution in [0.4, 0.5) is 4.79 Å². The highest BCUT2D eigenvalue weighted by Crippen LogP contribution is 2.37. The van der Waals surface area contributed by atoms with Crippen LogP contribution in [-0.4, -0.2) is 45.4 Å². The second-order valence-electron chi connectivity index (χ2n) is 5.89. The van der Waals surface area contributed by atoms with E-state index in [-0.39, 0.29) is 17.3 Å². The van der Waals surface area contributed by atoms with E-state index in [0.29, 0.717) is 22.8 Å². The Kier molecular flexibility index (Phi) is 5.19. The minimum Gasteiger partial charge on any atom is -0.350 e. The van der Waals surface area contributed by atoms with E-state index >= 15 is 0 Å². The summed E-state index contributed by atoms with van der Waals surface area (Å²) in [6, 6.07) is 4.48. The highest BCUT2D eigenvalue weighted by Gasteiger charge is 2.52. The number of sulfone groups is 1. The zero-order valence-electron chi connectivity index (χ0n) is 15.3. The van der Waals surface area contributed by atoms with Crippen LogP contribution < -0.4 is 11.2 Å². The third kappa shape index (κ3) is 2.99. The van der Waals surface area contributed by atoms with E-state index in [2.05, 4.69) is 15.4 Å². The maximum absolute atomic E-state index is 13.8. The zero-order chi connectivity index (χ0) is 19.8. The van der Waals surface area contributed by atoms with E-state index < -0.39 is 20.9 Å². The normalized spacial score (nSPS) is 20.3. The molecular weight excluding hydrogens is 388 g/mol. The molecule has 0 bridgehead atoms. The molecule has 9 nitrogen and oxygen atoms in total. The first-order valence-corrected chi connectivity index (χ1v) is 11.1. The summed E-state index contributed by atoms with van der Waals surface area (Å²) in [6.45, 7) is 5.40. The number of nitrogens with two attached hydrogens (primary N) is 1. The van der Waals surface area contributed by atoms with Gasteiger partial charge in [-0.2, -0.15) is 5.43 Å². The topological polar surface area (TPSA) is 122 Å². The first kappa shape index (κ1) is 19.6. The van der Waals surface area contributed by atoms with Crippen molar-refractivity contribution >= 4 is 39.1 Å². The maximum Gasteiger partial charge on any atom is 0.335 e. The Morgan fingerprint density at radius 1 is 1.33 bits per heavy atom. The third-order valence-electron chi connectivity index (χ3n) is 4.31. The molecular formula is C16H22N6O3S2. The van der Waals surface area contributed by atoms with Crippen molar-refractivity contribution in [2.24, 2.45) is 10.7 Å². The first-order chi connectivity index (χ1) is 12.8. The Morgan fingerprint density at radius 3 is 2.63 bits per heavy atom. The molecule has 2 aromatic heterocycles. The van der Waals surface area contributed by atoms with Gasteiger partial charge >= 0.3 is 6.03 Å². The quantitative estimate of drug-likeness (QED) is 0.702. The van der Waals surface area contributed by atoms with Gasteiger partial charge in [0, 0.05) is 12.6 Å². The van der Waals surface area contributed by atoms with E-state index in [1.807, 2.05) is 6.92 Å². The zero-order valence-corrected chi connectivity index (χ0v) is 17.0. The number of hydrazine groups is 1. The summed E-state index contributed by atoms with van der Waals surface area (Å²) in [5, 5.41) is 1.48. The molecule has 0 aromatic carbocycles. The van der Waals surface area contributed by atoms with Crippen molar-refractivity contribution in [2.75, 3.05) is 5.75 Å². The molecule has 2 amide bonds. The van der Waals surface area contributed by atoms with Crippen molar-refractivity contribution in [3.05, 3.63) is 24.4 Å². The van der Waals surface area contributed by atoms with Crippen molar-refractivity contribution in [3.8, 4) is 0 Å². The first-order valence-electron chi connectivity index (χ1n) is 8.61. The van der Waals surface area contributed by atoms with Crippen LogP contribution in [0.3, 0.4) is 0 Å². The molecule has 1 aliphatic rings. The maximum atomic E-state index is 13.8. The number of aliphatic imine (C=N–C) groups is 1. The summed E-state index contributed by atoms with van der Waals surface area (Å²) >= 11 is 1.34. The molecule has 1 aliphatic heterocycles. The average Bonchev–Trinajstić information content (AvgIpc) is 3.21. The Labute approximate surface area is 161 Å². The number of imidazole rings is 1. The molecule has 1 unspecified atom stereocenters. The molecule has 27 heavy (non-hydrogen) atoms. The number of nitrogens with zero attached hydrogens (tertiary/aromatic N) is 4. The van der Waals surface area contributed by atoms with Crippen molar-refractivity contribution in [1.29, 1.82) is 0 Å². The molecule has 0 fully saturated rings. The van der Waals surface area contributed by atoms with Crippen LogP contribution in [0, 0.1) is 0 Å². The summed E-state index contributed by atoms with van der Waals surface area (Å²) in [5.74, 6) is 0.946. The van der Waals surface area contributed by atoms with Gasteiger partial charge in [0.15, 0.2) is 5.03 Å². The van der Waals surface area contributed by atoms with Crippen molar-refractivity contribution in [1.82, 2.24) is 19.8 Å². The van der Waals surface area contributed by atoms with Gasteiger partial charge in [0.2, 0.25) is 14.8 Å². The number of amides is 2.